The predicted octanol–water partition coefficient (Wildman–Crippen LogP) is 1.88. The number of nitrogens with zero attached hydrogens (tertiary/aromatic N) is 2. The minimum atomic E-state index is -4.64. The van der Waals surface area contributed by atoms with E-state index in [1.807, 2.05) is 0 Å². The van der Waals surface area contributed by atoms with Gasteiger partial charge in [-0.2, -0.15) is 13.5 Å². The van der Waals surface area contributed by atoms with Crippen LogP contribution < -0.4 is 15.2 Å². The number of halogens is 1. The topological polar surface area (TPSA) is 164 Å². The third kappa shape index (κ3) is 6.74. The van der Waals surface area contributed by atoms with Gasteiger partial charge in [0.1, 0.15) is 11.3 Å². The van der Waals surface area contributed by atoms with Crippen LogP contribution in [0.1, 0.15) is 43.5 Å². The molecule has 206 valence electrons. The summed E-state index contributed by atoms with van der Waals surface area (Å²) in [7, 11) is -1.93. The van der Waals surface area contributed by atoms with Gasteiger partial charge in [0, 0.05) is 24.4 Å². The number of rotatable bonds is 12. The van der Waals surface area contributed by atoms with Crippen LogP contribution in [0.4, 0.5) is 4.79 Å². The number of benzene rings is 1. The Labute approximate surface area is 219 Å². The van der Waals surface area contributed by atoms with E-state index in [4.69, 9.17) is 40.0 Å². The van der Waals surface area contributed by atoms with Crippen LogP contribution in [0.2, 0.25) is 5.02 Å². The number of fused-ring (bicyclic) bond motifs is 2. The van der Waals surface area contributed by atoms with E-state index >= 15 is 0 Å². The third-order valence-electron chi connectivity index (χ3n) is 5.94. The van der Waals surface area contributed by atoms with Gasteiger partial charge in [-0.25, -0.2) is 13.8 Å². The van der Waals surface area contributed by atoms with E-state index in [1.165, 1.54) is 31.3 Å². The van der Waals surface area contributed by atoms with Gasteiger partial charge in [-0.05, 0) is 25.0 Å². The zero-order chi connectivity index (χ0) is 27.5. The van der Waals surface area contributed by atoms with Crippen LogP contribution in [0.3, 0.4) is 0 Å². The molecule has 37 heavy (non-hydrogen) atoms. The van der Waals surface area contributed by atoms with Crippen molar-refractivity contribution in [1.29, 1.82) is 0 Å². The number of esters is 1. The van der Waals surface area contributed by atoms with Crippen LogP contribution in [0, 0.1) is 5.41 Å². The second-order valence-corrected chi connectivity index (χ2v) is 11.1. The molecule has 2 atom stereocenters. The maximum Gasteiger partial charge on any atom is 0.421 e. The van der Waals surface area contributed by atoms with E-state index in [0.717, 1.165) is 5.06 Å². The van der Waals surface area contributed by atoms with Gasteiger partial charge in [-0.1, -0.05) is 25.4 Å². The Morgan fingerprint density at radius 3 is 2.49 bits per heavy atom. The van der Waals surface area contributed by atoms with Gasteiger partial charge in [0.05, 0.1) is 38.5 Å². The van der Waals surface area contributed by atoms with Crippen LogP contribution in [0.5, 0.6) is 11.5 Å². The number of hydrogen-bond acceptors (Lipinski definition) is 10. The molecule has 2 heterocycles. The molecule has 0 unspecified atom stereocenters. The number of hydroxylamine groups is 2. The van der Waals surface area contributed by atoms with Crippen molar-refractivity contribution < 1.29 is 45.5 Å². The first-order valence-electron chi connectivity index (χ1n) is 11.3. The SMILES string of the molecule is COc1ccc(Cl)c(OC)c1C(=O)OCC(C)(C)COS(=O)(=O)ON1C(=O)N2C[C@H]1CC[C@H]2CC(N)=O. The molecule has 0 saturated carbocycles. The van der Waals surface area contributed by atoms with Crippen LogP contribution in [0.25, 0.3) is 0 Å². The van der Waals surface area contributed by atoms with Crippen molar-refractivity contribution in [3.63, 3.8) is 0 Å². The third-order valence-corrected chi connectivity index (χ3v) is 6.99. The summed E-state index contributed by atoms with van der Waals surface area (Å²) in [5, 5.41) is 0.931. The summed E-state index contributed by atoms with van der Waals surface area (Å²) in [5.74, 6) is -1.09. The molecule has 2 fully saturated rings. The van der Waals surface area contributed by atoms with Crippen LogP contribution in [-0.4, -0.2) is 82.4 Å². The van der Waals surface area contributed by atoms with Crippen molar-refractivity contribution in [3.8, 4) is 11.5 Å². The zero-order valence-corrected chi connectivity index (χ0v) is 22.5. The monoisotopic (exact) mass is 563 g/mol. The minimum absolute atomic E-state index is 0.0185. The van der Waals surface area contributed by atoms with Crippen molar-refractivity contribution in [2.75, 3.05) is 34.0 Å². The smallest absolute Gasteiger partial charge is 0.421 e. The Hall–Kier alpha value is -2.81. The molecule has 2 N–H and O–H groups in total. The average Bonchev–Trinajstić information content (AvgIpc) is 3.08. The van der Waals surface area contributed by atoms with Crippen LogP contribution >= 0.6 is 11.6 Å². The molecular formula is C22H30ClN3O10S. The lowest BCUT2D eigenvalue weighted by Crippen LogP contribution is -2.42. The second kappa shape index (κ2) is 11.3. The summed E-state index contributed by atoms with van der Waals surface area (Å²) in [5.41, 5.74) is 4.24. The number of amides is 3. The summed E-state index contributed by atoms with van der Waals surface area (Å²) in [4.78, 5) is 38.1. The fourth-order valence-corrected chi connectivity index (χ4v) is 5.21. The van der Waals surface area contributed by atoms with Crippen molar-refractivity contribution >= 4 is 39.9 Å². The molecule has 3 rings (SSSR count). The summed E-state index contributed by atoms with van der Waals surface area (Å²) >= 11 is 6.10. The number of primary amides is 1. The van der Waals surface area contributed by atoms with Gasteiger partial charge >= 0.3 is 22.4 Å². The number of methoxy groups -OCH3 is 2. The van der Waals surface area contributed by atoms with Gasteiger partial charge in [-0.15, -0.1) is 4.28 Å². The summed E-state index contributed by atoms with van der Waals surface area (Å²) < 4.78 is 50.7. The minimum Gasteiger partial charge on any atom is -0.496 e. The molecule has 0 aliphatic carbocycles. The van der Waals surface area contributed by atoms with Gasteiger partial charge < -0.3 is 24.8 Å². The molecule has 3 amide bonds. The highest BCUT2D eigenvalue weighted by Crippen LogP contribution is 2.36. The van der Waals surface area contributed by atoms with Crippen molar-refractivity contribution in [1.82, 2.24) is 9.96 Å². The molecule has 2 aliphatic rings. The molecule has 13 nitrogen and oxygen atoms in total. The second-order valence-electron chi connectivity index (χ2n) is 9.46. The maximum atomic E-state index is 12.8. The number of nitrogens with two attached hydrogens (primary N) is 1. The van der Waals surface area contributed by atoms with E-state index in [-0.39, 0.29) is 41.7 Å². The van der Waals surface area contributed by atoms with E-state index in [9.17, 15) is 22.8 Å². The Kier molecular flexibility index (Phi) is 8.78. The molecule has 0 radical (unpaired) electrons. The van der Waals surface area contributed by atoms with Gasteiger partial charge in [0.25, 0.3) is 0 Å². The quantitative estimate of drug-likeness (QED) is 0.371. The molecule has 1 aromatic carbocycles. The van der Waals surface area contributed by atoms with Crippen molar-refractivity contribution in [3.05, 3.63) is 22.7 Å². The van der Waals surface area contributed by atoms with Crippen LogP contribution in [-0.2, 0) is 28.4 Å². The number of ether oxygens (including phenoxy) is 3. The summed E-state index contributed by atoms with van der Waals surface area (Å²) in [6, 6.07) is 1.39. The summed E-state index contributed by atoms with van der Waals surface area (Å²) in [6.45, 7) is 2.76. The number of piperidine rings is 1. The molecule has 0 aromatic heterocycles. The van der Waals surface area contributed by atoms with Crippen molar-refractivity contribution in [2.45, 2.75) is 45.2 Å². The van der Waals surface area contributed by atoms with E-state index in [1.54, 1.807) is 13.8 Å². The fourth-order valence-electron chi connectivity index (χ4n) is 4.08. The Morgan fingerprint density at radius 2 is 1.86 bits per heavy atom. The Balaban J connectivity index is 1.58. The first-order valence-corrected chi connectivity index (χ1v) is 13.0. The van der Waals surface area contributed by atoms with Crippen molar-refractivity contribution in [2.24, 2.45) is 11.1 Å². The molecule has 2 bridgehead atoms. The highest BCUT2D eigenvalue weighted by Gasteiger charge is 2.48. The van der Waals surface area contributed by atoms with Gasteiger partial charge in [-0.3, -0.25) is 4.79 Å². The first-order chi connectivity index (χ1) is 17.3. The largest absolute Gasteiger partial charge is 0.496 e. The average molecular weight is 564 g/mol. The highest BCUT2D eigenvalue weighted by molar-refractivity contribution is 7.81. The zero-order valence-electron chi connectivity index (χ0n) is 20.9. The standard InChI is InChI=1S/C22H30ClN3O10S/c1-22(2,11-34-20(28)18-16(32-3)8-7-15(23)19(18)33-4)12-35-37(30,31)36-26-14-6-5-13(9-17(24)27)25(10-14)21(26)29/h7-8,13-14H,5-6,9-12H2,1-4H3,(H2,24,27)/t13-,14+/m0/s1. The highest BCUT2D eigenvalue weighted by atomic mass is 35.5. The Bertz CT molecular complexity index is 1160. The molecule has 2 saturated heterocycles. The van der Waals surface area contributed by atoms with E-state index in [0.29, 0.717) is 12.8 Å². The molecule has 0 spiro atoms. The number of urea groups is 1. The number of carbonyl (C=O) groups excluding carboxylic acids is 3. The molecule has 1 aromatic rings. The first kappa shape index (κ1) is 28.8. The number of carbonyl (C=O) groups is 3. The lowest BCUT2D eigenvalue weighted by Gasteiger charge is -2.29. The lowest BCUT2D eigenvalue weighted by atomic mass is 9.96. The van der Waals surface area contributed by atoms with E-state index < -0.39 is 52.4 Å². The maximum absolute atomic E-state index is 12.8. The lowest BCUT2D eigenvalue weighted by molar-refractivity contribution is -0.119. The van der Waals surface area contributed by atoms with E-state index in [2.05, 4.69) is 0 Å². The molecular weight excluding hydrogens is 534 g/mol. The number of hydrogen-bond donors (Lipinski definition) is 1. The van der Waals surface area contributed by atoms with Gasteiger partial charge in [0.2, 0.25) is 5.91 Å². The summed E-state index contributed by atoms with van der Waals surface area (Å²) in [6.07, 6.45) is 0.906. The molecule has 15 heteroatoms. The normalized spacial score (nSPS) is 19.6. The van der Waals surface area contributed by atoms with Gasteiger partial charge in [0.15, 0.2) is 5.75 Å². The molecule has 2 aliphatic heterocycles. The Morgan fingerprint density at radius 1 is 1.16 bits per heavy atom. The fraction of sp³-hybridized carbons (Fsp3) is 0.591. The predicted molar refractivity (Wildman–Crippen MR) is 129 cm³/mol. The van der Waals surface area contributed by atoms with Crippen LogP contribution in [0.15, 0.2) is 12.1 Å².